The van der Waals surface area contributed by atoms with Crippen LogP contribution in [0.3, 0.4) is 0 Å². The summed E-state index contributed by atoms with van der Waals surface area (Å²) in [6, 6.07) is 3.89. The first kappa shape index (κ1) is 26.0. The van der Waals surface area contributed by atoms with Gasteiger partial charge in [0.15, 0.2) is 0 Å². The maximum Gasteiger partial charge on any atom is 0.408 e. The number of hydrogen-bond donors (Lipinski definition) is 3. The number of amides is 3. The van der Waals surface area contributed by atoms with Crippen molar-refractivity contribution in [3.8, 4) is 5.75 Å². The fraction of sp³-hybridized carbons (Fsp3) is 0.522. The van der Waals surface area contributed by atoms with Crippen molar-refractivity contribution in [2.24, 2.45) is 0 Å². The van der Waals surface area contributed by atoms with E-state index in [2.05, 4.69) is 17.2 Å². The molecule has 1 aromatic carbocycles. The van der Waals surface area contributed by atoms with Gasteiger partial charge >= 0.3 is 6.09 Å². The number of carbonyl (C=O) groups excluding carboxylic acids is 3. The summed E-state index contributed by atoms with van der Waals surface area (Å²) in [5.74, 6) is -1.06. The quantitative estimate of drug-likeness (QED) is 0.573. The highest BCUT2D eigenvalue weighted by molar-refractivity contribution is 5.91. The lowest BCUT2D eigenvalue weighted by Crippen LogP contribution is -2.51. The van der Waals surface area contributed by atoms with Crippen LogP contribution in [0.1, 0.15) is 58.7 Å². The number of carbonyl (C=O) groups is 3. The van der Waals surface area contributed by atoms with Crippen LogP contribution in [-0.2, 0) is 14.3 Å². The average molecular weight is 434 g/mol. The van der Waals surface area contributed by atoms with E-state index in [0.29, 0.717) is 5.56 Å². The van der Waals surface area contributed by atoms with E-state index in [-0.39, 0.29) is 24.4 Å². The predicted octanol–water partition coefficient (Wildman–Crippen LogP) is 3.20. The maximum absolute atomic E-state index is 13.2. The number of nitrogens with one attached hydrogen (secondary N) is 2. The first-order valence-corrected chi connectivity index (χ1v) is 10.1. The predicted molar refractivity (Wildman–Crippen MR) is 120 cm³/mol. The van der Waals surface area contributed by atoms with Crippen LogP contribution in [0, 0.1) is 6.92 Å². The Balaban J connectivity index is 3.27. The van der Waals surface area contributed by atoms with Crippen molar-refractivity contribution in [1.82, 2.24) is 15.5 Å². The topological polar surface area (TPSA) is 108 Å². The molecule has 0 radical (unpaired) electrons. The molecule has 8 nitrogen and oxygen atoms in total. The number of phenols is 1. The number of alkyl carbamates (subject to hydrolysis) is 1. The van der Waals surface area contributed by atoms with Gasteiger partial charge in [0.25, 0.3) is 0 Å². The Kier molecular flexibility index (Phi) is 8.66. The van der Waals surface area contributed by atoms with Crippen LogP contribution >= 0.6 is 0 Å². The number of para-hydroxylation sites is 1. The van der Waals surface area contributed by atoms with Crippen molar-refractivity contribution < 1.29 is 24.2 Å². The molecule has 3 N–H and O–H groups in total. The zero-order valence-corrected chi connectivity index (χ0v) is 19.5. The van der Waals surface area contributed by atoms with Gasteiger partial charge in [0.2, 0.25) is 11.8 Å². The van der Waals surface area contributed by atoms with Crippen LogP contribution in [-0.4, -0.2) is 52.1 Å². The van der Waals surface area contributed by atoms with E-state index in [1.54, 1.807) is 45.9 Å². The van der Waals surface area contributed by atoms with Crippen molar-refractivity contribution in [3.05, 3.63) is 42.0 Å². The fourth-order valence-electron chi connectivity index (χ4n) is 2.84. The minimum Gasteiger partial charge on any atom is -0.507 e. The van der Waals surface area contributed by atoms with Gasteiger partial charge in [0, 0.05) is 17.6 Å². The van der Waals surface area contributed by atoms with E-state index in [1.807, 2.05) is 20.8 Å². The lowest BCUT2D eigenvalue weighted by Gasteiger charge is -2.33. The molecule has 0 saturated heterocycles. The molecule has 1 atom stereocenters. The van der Waals surface area contributed by atoms with Crippen LogP contribution in [0.4, 0.5) is 4.79 Å². The Labute approximate surface area is 184 Å². The highest BCUT2D eigenvalue weighted by atomic mass is 16.6. The SMILES string of the molecule is C=CCN(C(=O)CNC(=O)OC(C)(C)C)C(C(=O)NC(C)(C)C)c1cccc(C)c1O. The normalized spacial score (nSPS) is 12.5. The molecule has 1 unspecified atom stereocenters. The van der Waals surface area contributed by atoms with Gasteiger partial charge < -0.3 is 25.4 Å². The lowest BCUT2D eigenvalue weighted by molar-refractivity contribution is -0.140. The molecule has 31 heavy (non-hydrogen) atoms. The number of benzene rings is 1. The third-order valence-electron chi connectivity index (χ3n) is 4.05. The van der Waals surface area contributed by atoms with Gasteiger partial charge in [-0.2, -0.15) is 0 Å². The summed E-state index contributed by atoms with van der Waals surface area (Å²) in [4.78, 5) is 39.5. The highest BCUT2D eigenvalue weighted by Gasteiger charge is 2.34. The second-order valence-corrected chi connectivity index (χ2v) is 9.34. The van der Waals surface area contributed by atoms with Crippen LogP contribution in [0.2, 0.25) is 0 Å². The molecule has 1 rings (SSSR count). The van der Waals surface area contributed by atoms with E-state index in [9.17, 15) is 19.5 Å². The molecule has 0 fully saturated rings. The molecular formula is C23H35N3O5. The molecule has 0 bridgehead atoms. The molecule has 172 valence electrons. The van der Waals surface area contributed by atoms with Crippen molar-refractivity contribution >= 4 is 17.9 Å². The molecule has 0 spiro atoms. The summed E-state index contributed by atoms with van der Waals surface area (Å²) in [6.45, 7) is 15.6. The van der Waals surface area contributed by atoms with E-state index >= 15 is 0 Å². The van der Waals surface area contributed by atoms with Crippen molar-refractivity contribution in [1.29, 1.82) is 0 Å². The zero-order valence-electron chi connectivity index (χ0n) is 19.5. The summed E-state index contributed by atoms with van der Waals surface area (Å²) < 4.78 is 5.16. The second kappa shape index (κ2) is 10.3. The number of phenolic OH excluding ortho intramolecular Hbond substituents is 1. The van der Waals surface area contributed by atoms with Crippen molar-refractivity contribution in [2.45, 2.75) is 65.6 Å². The summed E-state index contributed by atoms with van der Waals surface area (Å²) in [7, 11) is 0. The monoisotopic (exact) mass is 433 g/mol. The number of hydrogen-bond acceptors (Lipinski definition) is 5. The average Bonchev–Trinajstić information content (AvgIpc) is 2.59. The third kappa shape index (κ3) is 8.32. The molecule has 8 heteroatoms. The largest absolute Gasteiger partial charge is 0.507 e. The first-order chi connectivity index (χ1) is 14.2. The molecule has 0 aliphatic rings. The van der Waals surface area contributed by atoms with Crippen LogP contribution in [0.15, 0.2) is 30.9 Å². The lowest BCUT2D eigenvalue weighted by atomic mass is 9.98. The second-order valence-electron chi connectivity index (χ2n) is 9.34. The molecule has 0 saturated carbocycles. The van der Waals surface area contributed by atoms with E-state index in [1.165, 1.54) is 11.0 Å². The molecular weight excluding hydrogens is 398 g/mol. The minimum atomic E-state index is -1.12. The number of rotatable bonds is 7. The fourth-order valence-corrected chi connectivity index (χ4v) is 2.84. The van der Waals surface area contributed by atoms with Crippen LogP contribution in [0.5, 0.6) is 5.75 Å². The number of aryl methyl sites for hydroxylation is 1. The summed E-state index contributed by atoms with van der Waals surface area (Å²) >= 11 is 0. The Hall–Kier alpha value is -3.03. The smallest absolute Gasteiger partial charge is 0.408 e. The van der Waals surface area contributed by atoms with Gasteiger partial charge in [-0.1, -0.05) is 24.3 Å². The third-order valence-corrected chi connectivity index (χ3v) is 4.05. The summed E-state index contributed by atoms with van der Waals surface area (Å²) in [6.07, 6.45) is 0.740. The van der Waals surface area contributed by atoms with Gasteiger partial charge in [-0.15, -0.1) is 6.58 Å². The molecule has 0 heterocycles. The van der Waals surface area contributed by atoms with Gasteiger partial charge in [0.1, 0.15) is 23.9 Å². The highest BCUT2D eigenvalue weighted by Crippen LogP contribution is 2.32. The van der Waals surface area contributed by atoms with Crippen LogP contribution < -0.4 is 10.6 Å². The van der Waals surface area contributed by atoms with Gasteiger partial charge in [-0.25, -0.2) is 4.79 Å². The van der Waals surface area contributed by atoms with Gasteiger partial charge in [-0.05, 0) is 54.0 Å². The Morgan fingerprint density at radius 1 is 1.19 bits per heavy atom. The Morgan fingerprint density at radius 3 is 2.32 bits per heavy atom. The molecule has 3 amide bonds. The summed E-state index contributed by atoms with van der Waals surface area (Å²) in [5.41, 5.74) is -0.416. The first-order valence-electron chi connectivity index (χ1n) is 10.1. The Bertz CT molecular complexity index is 821. The molecule has 0 aliphatic carbocycles. The van der Waals surface area contributed by atoms with Crippen LogP contribution in [0.25, 0.3) is 0 Å². The van der Waals surface area contributed by atoms with Crippen molar-refractivity contribution in [2.75, 3.05) is 13.1 Å². The van der Waals surface area contributed by atoms with E-state index in [0.717, 1.165) is 0 Å². The Morgan fingerprint density at radius 2 is 1.81 bits per heavy atom. The zero-order chi connectivity index (χ0) is 24.0. The van der Waals surface area contributed by atoms with Gasteiger partial charge in [0.05, 0.1) is 0 Å². The summed E-state index contributed by atoms with van der Waals surface area (Å²) in [5, 5.41) is 15.9. The van der Waals surface area contributed by atoms with E-state index < -0.39 is 35.1 Å². The molecule has 0 aliphatic heterocycles. The number of nitrogens with zero attached hydrogens (tertiary/aromatic N) is 1. The maximum atomic E-state index is 13.2. The molecule has 1 aromatic rings. The number of ether oxygens (including phenoxy) is 1. The standard InChI is InChI=1S/C23H35N3O5/c1-9-13-26(17(27)14-24-21(30)31-23(6,7)8)18(20(29)25-22(3,4)5)16-12-10-11-15(2)19(16)28/h9-12,18,28H,1,13-14H2,2-8H3,(H,24,30)(H,25,29). The number of aromatic hydroxyl groups is 1. The van der Waals surface area contributed by atoms with Crippen molar-refractivity contribution in [3.63, 3.8) is 0 Å². The minimum absolute atomic E-state index is 0.0322. The van der Waals surface area contributed by atoms with E-state index in [4.69, 9.17) is 4.74 Å². The molecule has 0 aromatic heterocycles. The van der Waals surface area contributed by atoms with Gasteiger partial charge in [-0.3, -0.25) is 9.59 Å².